The standard InChI is InChI=1S/C13H24N2O/c1-9-8-15(6-5-11(9)14-2)12-7-10-3-4-13(12)16-10/h9-14H,3-8H2,1-2H3. The lowest BCUT2D eigenvalue weighted by Gasteiger charge is -2.41. The third kappa shape index (κ3) is 1.79. The summed E-state index contributed by atoms with van der Waals surface area (Å²) < 4.78 is 5.97. The molecular formula is C13H24N2O. The number of likely N-dealkylation sites (tertiary alicyclic amines) is 1. The monoisotopic (exact) mass is 224 g/mol. The molecule has 5 atom stereocenters. The normalized spacial score (nSPS) is 48.8. The van der Waals surface area contributed by atoms with E-state index >= 15 is 0 Å². The summed E-state index contributed by atoms with van der Waals surface area (Å²) in [6, 6.07) is 1.45. The fourth-order valence-electron chi connectivity index (χ4n) is 3.90. The molecule has 0 aromatic rings. The van der Waals surface area contributed by atoms with Crippen LogP contribution in [0.2, 0.25) is 0 Å². The summed E-state index contributed by atoms with van der Waals surface area (Å²) in [6.07, 6.45) is 6.35. The number of rotatable bonds is 2. The first-order valence-electron chi connectivity index (χ1n) is 6.84. The molecule has 5 unspecified atom stereocenters. The molecule has 3 aliphatic heterocycles. The first-order chi connectivity index (χ1) is 7.78. The van der Waals surface area contributed by atoms with Crippen molar-refractivity contribution < 1.29 is 4.74 Å². The Bertz CT molecular complexity index is 258. The second kappa shape index (κ2) is 4.28. The van der Waals surface area contributed by atoms with Crippen molar-refractivity contribution in [2.45, 2.75) is 56.9 Å². The first kappa shape index (κ1) is 11.0. The minimum absolute atomic E-state index is 0.559. The van der Waals surface area contributed by atoms with E-state index in [0.717, 1.165) is 18.0 Å². The molecule has 0 saturated carbocycles. The van der Waals surface area contributed by atoms with Crippen LogP contribution in [0, 0.1) is 5.92 Å². The summed E-state index contributed by atoms with van der Waals surface area (Å²) in [6.45, 7) is 4.89. The van der Waals surface area contributed by atoms with Gasteiger partial charge >= 0.3 is 0 Å². The minimum atomic E-state index is 0.559. The molecule has 0 aromatic carbocycles. The molecule has 0 amide bonds. The van der Waals surface area contributed by atoms with Crippen LogP contribution in [0.1, 0.15) is 32.6 Å². The number of nitrogens with zero attached hydrogens (tertiary/aromatic N) is 1. The smallest absolute Gasteiger partial charge is 0.0735 e. The third-order valence-corrected chi connectivity index (χ3v) is 4.85. The van der Waals surface area contributed by atoms with E-state index in [-0.39, 0.29) is 0 Å². The highest BCUT2D eigenvalue weighted by Crippen LogP contribution is 2.38. The Balaban J connectivity index is 1.60. The van der Waals surface area contributed by atoms with E-state index in [1.54, 1.807) is 0 Å². The Kier molecular flexibility index (Phi) is 2.94. The number of piperidine rings is 1. The van der Waals surface area contributed by atoms with Gasteiger partial charge in [-0.05, 0) is 38.6 Å². The van der Waals surface area contributed by atoms with Crippen molar-refractivity contribution in [3.8, 4) is 0 Å². The molecule has 1 N–H and O–H groups in total. The van der Waals surface area contributed by atoms with Crippen molar-refractivity contribution in [2.75, 3.05) is 20.1 Å². The molecule has 0 spiro atoms. The maximum atomic E-state index is 5.97. The summed E-state index contributed by atoms with van der Waals surface area (Å²) in [7, 11) is 2.09. The van der Waals surface area contributed by atoms with Crippen LogP contribution in [0.15, 0.2) is 0 Å². The first-order valence-corrected chi connectivity index (χ1v) is 6.84. The van der Waals surface area contributed by atoms with E-state index < -0.39 is 0 Å². The number of hydrogen-bond acceptors (Lipinski definition) is 3. The highest BCUT2D eigenvalue weighted by atomic mass is 16.5. The summed E-state index contributed by atoms with van der Waals surface area (Å²) in [5.41, 5.74) is 0. The largest absolute Gasteiger partial charge is 0.373 e. The van der Waals surface area contributed by atoms with E-state index in [1.165, 1.54) is 38.8 Å². The van der Waals surface area contributed by atoms with Crippen molar-refractivity contribution >= 4 is 0 Å². The fourth-order valence-corrected chi connectivity index (χ4v) is 3.90. The van der Waals surface area contributed by atoms with Gasteiger partial charge in [0.2, 0.25) is 0 Å². The molecule has 3 saturated heterocycles. The molecule has 92 valence electrons. The van der Waals surface area contributed by atoms with Crippen molar-refractivity contribution in [1.82, 2.24) is 10.2 Å². The van der Waals surface area contributed by atoms with Crippen LogP contribution in [0.4, 0.5) is 0 Å². The van der Waals surface area contributed by atoms with Gasteiger partial charge in [-0.1, -0.05) is 6.92 Å². The van der Waals surface area contributed by atoms with Crippen molar-refractivity contribution in [2.24, 2.45) is 5.92 Å². The molecule has 3 rings (SSSR count). The lowest BCUT2D eigenvalue weighted by atomic mass is 9.88. The number of nitrogens with one attached hydrogen (secondary N) is 1. The number of hydrogen-bond donors (Lipinski definition) is 1. The molecule has 3 fully saturated rings. The topological polar surface area (TPSA) is 24.5 Å². The maximum Gasteiger partial charge on any atom is 0.0735 e. The number of fused-ring (bicyclic) bond motifs is 2. The fraction of sp³-hybridized carbons (Fsp3) is 1.00. The lowest BCUT2D eigenvalue weighted by molar-refractivity contribution is 0.0464. The van der Waals surface area contributed by atoms with E-state index in [0.29, 0.717) is 12.2 Å². The quantitative estimate of drug-likeness (QED) is 0.763. The zero-order valence-electron chi connectivity index (χ0n) is 10.5. The van der Waals surface area contributed by atoms with Crippen molar-refractivity contribution in [1.29, 1.82) is 0 Å². The van der Waals surface area contributed by atoms with Gasteiger partial charge in [0.1, 0.15) is 0 Å². The molecule has 3 heterocycles. The van der Waals surface area contributed by atoms with Gasteiger partial charge in [0.15, 0.2) is 0 Å². The summed E-state index contributed by atoms with van der Waals surface area (Å²) in [4.78, 5) is 2.70. The van der Waals surface area contributed by atoms with Crippen LogP contribution in [0.3, 0.4) is 0 Å². The average molecular weight is 224 g/mol. The molecule has 0 aliphatic carbocycles. The zero-order chi connectivity index (χ0) is 11.1. The van der Waals surface area contributed by atoms with E-state index in [2.05, 4.69) is 24.2 Å². The van der Waals surface area contributed by atoms with Gasteiger partial charge in [0, 0.05) is 25.2 Å². The highest BCUT2D eigenvalue weighted by Gasteiger charge is 2.44. The second-order valence-electron chi connectivity index (χ2n) is 5.83. The van der Waals surface area contributed by atoms with Gasteiger partial charge in [0.25, 0.3) is 0 Å². The predicted molar refractivity (Wildman–Crippen MR) is 64.5 cm³/mol. The van der Waals surface area contributed by atoms with E-state index in [4.69, 9.17) is 4.74 Å². The van der Waals surface area contributed by atoms with Crippen molar-refractivity contribution in [3.05, 3.63) is 0 Å². The second-order valence-corrected chi connectivity index (χ2v) is 5.83. The molecule has 3 nitrogen and oxygen atoms in total. The summed E-state index contributed by atoms with van der Waals surface area (Å²) >= 11 is 0. The average Bonchev–Trinajstić information content (AvgIpc) is 2.90. The van der Waals surface area contributed by atoms with E-state index in [1.807, 2.05) is 0 Å². The van der Waals surface area contributed by atoms with Crippen LogP contribution in [-0.2, 0) is 4.74 Å². The van der Waals surface area contributed by atoms with Gasteiger partial charge in [-0.25, -0.2) is 0 Å². The Hall–Kier alpha value is -0.120. The third-order valence-electron chi connectivity index (χ3n) is 4.85. The molecule has 2 bridgehead atoms. The Morgan fingerprint density at radius 1 is 1.25 bits per heavy atom. The Morgan fingerprint density at radius 3 is 2.69 bits per heavy atom. The van der Waals surface area contributed by atoms with Gasteiger partial charge in [-0.3, -0.25) is 4.90 Å². The van der Waals surface area contributed by atoms with Crippen LogP contribution >= 0.6 is 0 Å². The van der Waals surface area contributed by atoms with Gasteiger partial charge < -0.3 is 10.1 Å². The van der Waals surface area contributed by atoms with Gasteiger partial charge in [-0.2, -0.15) is 0 Å². The summed E-state index contributed by atoms with van der Waals surface area (Å²) in [5, 5.41) is 3.44. The lowest BCUT2D eigenvalue weighted by Crippen LogP contribution is -2.52. The van der Waals surface area contributed by atoms with E-state index in [9.17, 15) is 0 Å². The molecule has 0 aromatic heterocycles. The minimum Gasteiger partial charge on any atom is -0.373 e. The molecule has 16 heavy (non-hydrogen) atoms. The van der Waals surface area contributed by atoms with Gasteiger partial charge in [-0.15, -0.1) is 0 Å². The highest BCUT2D eigenvalue weighted by molar-refractivity contribution is 4.97. The van der Waals surface area contributed by atoms with Crippen molar-refractivity contribution in [3.63, 3.8) is 0 Å². The van der Waals surface area contributed by atoms with Crippen LogP contribution in [0.5, 0.6) is 0 Å². The Labute approximate surface area is 98.5 Å². The summed E-state index contributed by atoms with van der Waals surface area (Å²) in [5.74, 6) is 0.776. The van der Waals surface area contributed by atoms with Crippen LogP contribution in [-0.4, -0.2) is 49.3 Å². The maximum absolute atomic E-state index is 5.97. The molecule has 3 heteroatoms. The molecular weight excluding hydrogens is 200 g/mol. The number of ether oxygens (including phenoxy) is 1. The van der Waals surface area contributed by atoms with Crippen LogP contribution < -0.4 is 5.32 Å². The zero-order valence-corrected chi connectivity index (χ0v) is 10.5. The molecule has 0 radical (unpaired) electrons. The van der Waals surface area contributed by atoms with Crippen LogP contribution in [0.25, 0.3) is 0 Å². The molecule has 3 aliphatic rings. The van der Waals surface area contributed by atoms with Gasteiger partial charge in [0.05, 0.1) is 12.2 Å². The SMILES string of the molecule is CNC1CCN(C2CC3CCC2O3)CC1C. The Morgan fingerprint density at radius 2 is 2.12 bits per heavy atom. The predicted octanol–water partition coefficient (Wildman–Crippen LogP) is 1.24.